The average molecular weight is 337 g/mol. The molecule has 2 atom stereocenters. The minimum absolute atomic E-state index is 0. The molecule has 2 aliphatic heterocycles. The maximum Gasteiger partial charge on any atom is 0.106 e. The van der Waals surface area contributed by atoms with Crippen LogP contribution < -0.4 is 5.32 Å². The lowest BCUT2D eigenvalue weighted by molar-refractivity contribution is -0.0871. The first-order valence-electron chi connectivity index (χ1n) is 8.50. The van der Waals surface area contributed by atoms with E-state index < -0.39 is 0 Å². The highest BCUT2D eigenvalue weighted by molar-refractivity contribution is 7.12. The molecule has 1 saturated heterocycles. The van der Waals surface area contributed by atoms with Crippen LogP contribution >= 0.6 is 11.3 Å². The number of nitrogens with one attached hydrogen (secondary N) is 1. The maximum absolute atomic E-state index is 6.32. The molecule has 0 unspecified atom stereocenters. The molecule has 5 nitrogen and oxygen atoms in total. The Labute approximate surface area is 143 Å². The number of ether oxygens (including phenoxy) is 1. The number of hydrogen-bond acceptors (Lipinski definition) is 5. The number of fused-ring (bicyclic) bond motifs is 2. The normalized spacial score (nSPS) is 26.5. The van der Waals surface area contributed by atoms with Gasteiger partial charge in [-0.05, 0) is 37.9 Å². The van der Waals surface area contributed by atoms with E-state index in [9.17, 15) is 0 Å². The van der Waals surface area contributed by atoms with Gasteiger partial charge in [-0.15, -0.1) is 16.4 Å². The minimum atomic E-state index is -0.125. The number of aromatic nitrogens is 3. The summed E-state index contributed by atoms with van der Waals surface area (Å²) in [6.45, 7) is 7.98. The van der Waals surface area contributed by atoms with Crippen molar-refractivity contribution in [2.24, 2.45) is 7.05 Å². The average Bonchev–Trinajstić information content (AvgIpc) is 3.16. The molecule has 128 valence electrons. The van der Waals surface area contributed by atoms with Crippen molar-refractivity contribution in [2.75, 3.05) is 13.2 Å². The number of hydrogen-bond donors (Lipinski definition) is 1. The van der Waals surface area contributed by atoms with Crippen LogP contribution in [0.2, 0.25) is 0 Å². The second kappa shape index (κ2) is 6.71. The Morgan fingerprint density at radius 3 is 3.04 bits per heavy atom. The lowest BCUT2D eigenvalue weighted by Gasteiger charge is -2.43. The summed E-state index contributed by atoms with van der Waals surface area (Å²) >= 11 is 1.90. The molecule has 1 fully saturated rings. The van der Waals surface area contributed by atoms with Crippen LogP contribution in [0.3, 0.4) is 0 Å². The Morgan fingerprint density at radius 2 is 2.30 bits per heavy atom. The van der Waals surface area contributed by atoms with Crippen molar-refractivity contribution in [2.45, 2.75) is 51.7 Å². The fourth-order valence-electron chi connectivity index (χ4n) is 3.58. The molecule has 4 heterocycles. The third-order valence-corrected chi connectivity index (χ3v) is 5.80. The van der Waals surface area contributed by atoms with Gasteiger partial charge in [-0.1, -0.05) is 19.1 Å². The Hall–Kier alpha value is -1.24. The van der Waals surface area contributed by atoms with Crippen molar-refractivity contribution in [3.63, 3.8) is 0 Å². The first-order valence-corrected chi connectivity index (χ1v) is 9.31. The number of thiophene rings is 1. The third kappa shape index (κ3) is 3.07. The SMILES string of the molecule is CC.Cc1cc2c(s1)[C@@]1(CCN[C@H](c3cn(C)nn3)C1)OCC2.[HH]. The number of rotatable bonds is 1. The zero-order valence-corrected chi connectivity index (χ0v) is 15.2. The summed E-state index contributed by atoms with van der Waals surface area (Å²) in [6.07, 6.45) is 5.03. The predicted molar refractivity (Wildman–Crippen MR) is 94.8 cm³/mol. The molecule has 23 heavy (non-hydrogen) atoms. The van der Waals surface area contributed by atoms with Gasteiger partial charge in [0.05, 0.1) is 18.3 Å². The number of aryl methyl sites for hydroxylation is 2. The van der Waals surface area contributed by atoms with Crippen molar-refractivity contribution in [1.82, 2.24) is 20.3 Å². The quantitative estimate of drug-likeness (QED) is 0.868. The molecule has 4 rings (SSSR count). The van der Waals surface area contributed by atoms with E-state index in [1.165, 1.54) is 15.3 Å². The molecule has 2 aliphatic rings. The molecule has 0 amide bonds. The van der Waals surface area contributed by atoms with Crippen LogP contribution in [-0.4, -0.2) is 28.1 Å². The first kappa shape index (κ1) is 16.6. The minimum Gasteiger partial charge on any atom is -0.369 e. The highest BCUT2D eigenvalue weighted by Gasteiger charge is 2.44. The third-order valence-electron chi connectivity index (χ3n) is 4.53. The summed E-state index contributed by atoms with van der Waals surface area (Å²) in [7, 11) is 1.91. The molecule has 6 heteroatoms. The number of piperidine rings is 1. The molecule has 2 aromatic heterocycles. The van der Waals surface area contributed by atoms with E-state index in [0.29, 0.717) is 0 Å². The highest BCUT2D eigenvalue weighted by Crippen LogP contribution is 2.47. The van der Waals surface area contributed by atoms with E-state index in [4.69, 9.17) is 4.74 Å². The van der Waals surface area contributed by atoms with E-state index >= 15 is 0 Å². The van der Waals surface area contributed by atoms with Crippen molar-refractivity contribution >= 4 is 11.3 Å². The van der Waals surface area contributed by atoms with Crippen molar-refractivity contribution < 1.29 is 6.16 Å². The number of nitrogens with zero attached hydrogens (tertiary/aromatic N) is 3. The van der Waals surface area contributed by atoms with Crippen molar-refractivity contribution in [1.29, 1.82) is 0 Å². The van der Waals surface area contributed by atoms with E-state index in [1.54, 1.807) is 4.68 Å². The fraction of sp³-hybridized carbons (Fsp3) is 0.647. The summed E-state index contributed by atoms with van der Waals surface area (Å²) in [5, 5.41) is 11.9. The molecule has 0 bridgehead atoms. The van der Waals surface area contributed by atoms with Gasteiger partial charge in [0, 0.05) is 30.8 Å². The lowest BCUT2D eigenvalue weighted by atomic mass is 9.82. The zero-order valence-electron chi connectivity index (χ0n) is 14.4. The van der Waals surface area contributed by atoms with Gasteiger partial charge in [-0.2, -0.15) is 0 Å². The molecular formula is C17H28N4OS. The molecule has 1 N–H and O–H groups in total. The maximum atomic E-state index is 6.32. The van der Waals surface area contributed by atoms with Crippen molar-refractivity contribution in [3.8, 4) is 0 Å². The van der Waals surface area contributed by atoms with E-state index in [1.807, 2.05) is 38.4 Å². The Bertz CT molecular complexity index is 671. The topological polar surface area (TPSA) is 52.0 Å². The van der Waals surface area contributed by atoms with Crippen LogP contribution in [0.15, 0.2) is 12.3 Å². The molecule has 0 saturated carbocycles. The summed E-state index contributed by atoms with van der Waals surface area (Å²) < 4.78 is 8.08. The van der Waals surface area contributed by atoms with Gasteiger partial charge >= 0.3 is 0 Å². The zero-order chi connectivity index (χ0) is 16.4. The monoisotopic (exact) mass is 336 g/mol. The largest absolute Gasteiger partial charge is 0.369 e. The van der Waals surface area contributed by atoms with Crippen LogP contribution in [0.1, 0.15) is 55.2 Å². The Kier molecular flexibility index (Phi) is 4.85. The predicted octanol–water partition coefficient (Wildman–Crippen LogP) is 3.35. The fourth-order valence-corrected chi connectivity index (χ4v) is 4.83. The smallest absolute Gasteiger partial charge is 0.106 e. The van der Waals surface area contributed by atoms with Crippen LogP contribution in [0.5, 0.6) is 0 Å². The summed E-state index contributed by atoms with van der Waals surface area (Å²) in [5.41, 5.74) is 2.38. The molecular weight excluding hydrogens is 308 g/mol. The van der Waals surface area contributed by atoms with Crippen LogP contribution in [0.25, 0.3) is 0 Å². The highest BCUT2D eigenvalue weighted by atomic mass is 32.1. The second-order valence-electron chi connectivity index (χ2n) is 6.08. The van der Waals surface area contributed by atoms with Crippen LogP contribution in [-0.2, 0) is 23.8 Å². The molecule has 2 aromatic rings. The van der Waals surface area contributed by atoms with Gasteiger partial charge in [0.15, 0.2) is 0 Å². The lowest BCUT2D eigenvalue weighted by Crippen LogP contribution is -2.45. The van der Waals surface area contributed by atoms with Crippen molar-refractivity contribution in [3.05, 3.63) is 33.3 Å². The first-order chi connectivity index (χ1) is 11.2. The van der Waals surface area contributed by atoms with E-state index in [2.05, 4.69) is 28.6 Å². The van der Waals surface area contributed by atoms with E-state index in [0.717, 1.165) is 38.1 Å². The molecule has 0 aliphatic carbocycles. The standard InChI is InChI=1S/C15H20N4OS.C2H6.H2/c1-10-7-11-3-6-20-15(14(11)21-10)4-5-16-12(8-15)13-9-19(2)18-17-13;1-2;/h7,9,12,16H,3-6,8H2,1-2H3;1-2H3;1H/t12-,15-;;/m0../s1. The van der Waals surface area contributed by atoms with Gasteiger partial charge in [0.1, 0.15) is 5.60 Å². The summed E-state index contributed by atoms with van der Waals surface area (Å²) in [4.78, 5) is 2.83. The van der Waals surface area contributed by atoms with E-state index in [-0.39, 0.29) is 13.1 Å². The van der Waals surface area contributed by atoms with Gasteiger partial charge in [0.25, 0.3) is 0 Å². The summed E-state index contributed by atoms with van der Waals surface area (Å²) in [6, 6.07) is 2.56. The van der Waals surface area contributed by atoms with Crippen LogP contribution in [0.4, 0.5) is 0 Å². The molecule has 0 aromatic carbocycles. The van der Waals surface area contributed by atoms with Gasteiger partial charge in [-0.3, -0.25) is 4.68 Å². The second-order valence-corrected chi connectivity index (χ2v) is 7.34. The van der Waals surface area contributed by atoms with Gasteiger partial charge < -0.3 is 10.1 Å². The Morgan fingerprint density at radius 1 is 1.48 bits per heavy atom. The molecule has 0 radical (unpaired) electrons. The van der Waals surface area contributed by atoms with Crippen LogP contribution in [0, 0.1) is 6.92 Å². The van der Waals surface area contributed by atoms with Gasteiger partial charge in [-0.25, -0.2) is 0 Å². The molecule has 1 spiro atoms. The van der Waals surface area contributed by atoms with Gasteiger partial charge in [0.2, 0.25) is 0 Å². The Balaban J connectivity index is 0.000000670. The summed E-state index contributed by atoms with van der Waals surface area (Å²) in [5.74, 6) is 0.